The average Bonchev–Trinajstić information content (AvgIpc) is 2.03. The fourth-order valence-electron chi connectivity index (χ4n) is 1.26. The molecule has 80 valence electrons. The molecule has 0 aliphatic carbocycles. The molecule has 0 spiro atoms. The van der Waals surface area contributed by atoms with E-state index in [1.165, 1.54) is 0 Å². The third-order valence-corrected chi connectivity index (χ3v) is 1.96. The van der Waals surface area contributed by atoms with Crippen LogP contribution >= 0.6 is 0 Å². The van der Waals surface area contributed by atoms with Crippen LogP contribution in [0.3, 0.4) is 0 Å². The first-order valence-electron chi connectivity index (χ1n) is 5.38. The summed E-state index contributed by atoms with van der Waals surface area (Å²) >= 11 is 0. The van der Waals surface area contributed by atoms with E-state index in [0.29, 0.717) is 18.3 Å². The number of carbonyl (C=O) groups excluding carboxylic acids is 1. The molecule has 0 aromatic carbocycles. The monoisotopic (exact) mass is 194 g/mol. The predicted molar refractivity (Wildman–Crippen MR) is 62.2 cm³/mol. The van der Waals surface area contributed by atoms with Crippen molar-refractivity contribution in [3.63, 3.8) is 0 Å². The van der Waals surface area contributed by atoms with Gasteiger partial charge in [-0.2, -0.15) is 0 Å². The lowest BCUT2D eigenvalue weighted by Gasteiger charge is -2.05. The molecule has 0 radical (unpaired) electrons. The molecule has 0 saturated carbocycles. The number of hydrogen-bond acceptors (Lipinski definition) is 1. The zero-order valence-corrected chi connectivity index (χ0v) is 9.79. The summed E-state index contributed by atoms with van der Waals surface area (Å²) in [5, 5.41) is 0. The molecule has 1 nitrogen and oxygen atoms in total. The van der Waals surface area contributed by atoms with Crippen LogP contribution in [0.15, 0.2) is 24.3 Å². The highest BCUT2D eigenvalue weighted by Crippen LogP contribution is 2.10. The first-order valence-corrected chi connectivity index (χ1v) is 5.38. The Morgan fingerprint density at radius 1 is 1.29 bits per heavy atom. The Hall–Kier alpha value is -0.850. The Kier molecular flexibility index (Phi) is 7.09. The summed E-state index contributed by atoms with van der Waals surface area (Å²) in [6.07, 6.45) is 9.49. The van der Waals surface area contributed by atoms with Gasteiger partial charge in [0.2, 0.25) is 0 Å². The average molecular weight is 194 g/mol. The van der Waals surface area contributed by atoms with Gasteiger partial charge in [0.25, 0.3) is 0 Å². The van der Waals surface area contributed by atoms with Crippen LogP contribution in [-0.2, 0) is 4.79 Å². The zero-order valence-electron chi connectivity index (χ0n) is 9.79. The van der Waals surface area contributed by atoms with E-state index in [2.05, 4.69) is 32.9 Å². The molecule has 0 saturated heterocycles. The number of hydrogen-bond donors (Lipinski definition) is 0. The third-order valence-electron chi connectivity index (χ3n) is 1.96. The SMILES string of the molecule is C/C=C/C(=O)CC(C)CC=CC(C)C. The Morgan fingerprint density at radius 3 is 2.43 bits per heavy atom. The van der Waals surface area contributed by atoms with Gasteiger partial charge in [-0.3, -0.25) is 4.79 Å². The van der Waals surface area contributed by atoms with Crippen LogP contribution in [0.1, 0.15) is 40.5 Å². The molecule has 0 N–H and O–H groups in total. The standard InChI is InChI=1S/C13H22O/c1-5-7-13(14)10-12(4)9-6-8-11(2)3/h5-8,11-12H,9-10H2,1-4H3/b7-5+,8-6?. The van der Waals surface area contributed by atoms with Crippen molar-refractivity contribution in [2.24, 2.45) is 11.8 Å². The molecule has 0 aliphatic rings. The maximum Gasteiger partial charge on any atom is 0.155 e. The zero-order chi connectivity index (χ0) is 11.0. The van der Waals surface area contributed by atoms with Crippen LogP contribution in [0.25, 0.3) is 0 Å². The maximum atomic E-state index is 11.2. The minimum atomic E-state index is 0.234. The number of rotatable bonds is 6. The molecule has 0 heterocycles. The Balaban J connectivity index is 3.75. The summed E-state index contributed by atoms with van der Waals surface area (Å²) in [5.74, 6) is 1.29. The van der Waals surface area contributed by atoms with Gasteiger partial charge in [-0.1, -0.05) is 39.0 Å². The highest BCUT2D eigenvalue weighted by molar-refractivity contribution is 5.89. The summed E-state index contributed by atoms with van der Waals surface area (Å²) in [4.78, 5) is 11.2. The van der Waals surface area contributed by atoms with E-state index < -0.39 is 0 Å². The molecule has 0 aromatic rings. The molecule has 0 aromatic heterocycles. The van der Waals surface area contributed by atoms with Gasteiger partial charge in [-0.15, -0.1) is 0 Å². The molecule has 0 amide bonds. The van der Waals surface area contributed by atoms with Crippen molar-refractivity contribution < 1.29 is 4.79 Å². The van der Waals surface area contributed by atoms with Crippen LogP contribution in [0.4, 0.5) is 0 Å². The molecule has 0 fully saturated rings. The summed E-state index contributed by atoms with van der Waals surface area (Å²) in [5.41, 5.74) is 0. The second-order valence-electron chi connectivity index (χ2n) is 4.18. The van der Waals surface area contributed by atoms with E-state index in [1.54, 1.807) is 12.2 Å². The van der Waals surface area contributed by atoms with Crippen LogP contribution in [0.5, 0.6) is 0 Å². The van der Waals surface area contributed by atoms with Gasteiger partial charge in [-0.05, 0) is 31.3 Å². The first-order chi connectivity index (χ1) is 6.56. The molecular formula is C13H22O. The molecule has 0 bridgehead atoms. The van der Waals surface area contributed by atoms with Gasteiger partial charge in [0.05, 0.1) is 0 Å². The largest absolute Gasteiger partial charge is 0.295 e. The van der Waals surface area contributed by atoms with Crippen molar-refractivity contribution >= 4 is 5.78 Å². The van der Waals surface area contributed by atoms with Crippen LogP contribution < -0.4 is 0 Å². The van der Waals surface area contributed by atoms with E-state index in [9.17, 15) is 4.79 Å². The summed E-state index contributed by atoms with van der Waals surface area (Å²) in [6.45, 7) is 8.31. The molecule has 1 atom stereocenters. The fourth-order valence-corrected chi connectivity index (χ4v) is 1.26. The van der Waals surface area contributed by atoms with Gasteiger partial charge in [0.15, 0.2) is 5.78 Å². The third kappa shape index (κ3) is 7.78. The highest BCUT2D eigenvalue weighted by Gasteiger charge is 2.04. The van der Waals surface area contributed by atoms with Crippen molar-refractivity contribution in [1.29, 1.82) is 0 Å². The van der Waals surface area contributed by atoms with Gasteiger partial charge >= 0.3 is 0 Å². The predicted octanol–water partition coefficient (Wildman–Crippen LogP) is 3.76. The minimum Gasteiger partial charge on any atom is -0.295 e. The Bertz CT molecular complexity index is 211. The summed E-state index contributed by atoms with van der Waals surface area (Å²) < 4.78 is 0. The summed E-state index contributed by atoms with van der Waals surface area (Å²) in [7, 11) is 0. The van der Waals surface area contributed by atoms with Crippen LogP contribution in [-0.4, -0.2) is 5.78 Å². The van der Waals surface area contributed by atoms with Crippen LogP contribution in [0, 0.1) is 11.8 Å². The van der Waals surface area contributed by atoms with Crippen LogP contribution in [0.2, 0.25) is 0 Å². The van der Waals surface area contributed by atoms with E-state index in [0.717, 1.165) is 6.42 Å². The Morgan fingerprint density at radius 2 is 1.93 bits per heavy atom. The molecule has 0 aliphatic heterocycles. The molecule has 14 heavy (non-hydrogen) atoms. The maximum absolute atomic E-state index is 11.2. The number of allylic oxidation sites excluding steroid dienone is 4. The normalized spacial score (nSPS) is 14.4. The minimum absolute atomic E-state index is 0.234. The fraction of sp³-hybridized carbons (Fsp3) is 0.615. The van der Waals surface area contributed by atoms with Crippen molar-refractivity contribution in [1.82, 2.24) is 0 Å². The quantitative estimate of drug-likeness (QED) is 0.465. The Labute approximate surface area is 87.9 Å². The van der Waals surface area contributed by atoms with E-state index in [1.807, 2.05) is 6.92 Å². The lowest BCUT2D eigenvalue weighted by Crippen LogP contribution is -2.01. The highest BCUT2D eigenvalue weighted by atomic mass is 16.1. The van der Waals surface area contributed by atoms with E-state index >= 15 is 0 Å². The number of ketones is 1. The van der Waals surface area contributed by atoms with Crippen molar-refractivity contribution in [2.45, 2.75) is 40.5 Å². The van der Waals surface area contributed by atoms with E-state index in [-0.39, 0.29) is 5.78 Å². The summed E-state index contributed by atoms with van der Waals surface area (Å²) in [6, 6.07) is 0. The molecule has 1 unspecified atom stereocenters. The smallest absolute Gasteiger partial charge is 0.155 e. The van der Waals surface area contributed by atoms with E-state index in [4.69, 9.17) is 0 Å². The number of carbonyl (C=O) groups is 1. The van der Waals surface area contributed by atoms with Crippen molar-refractivity contribution in [2.75, 3.05) is 0 Å². The van der Waals surface area contributed by atoms with Gasteiger partial charge in [0, 0.05) is 6.42 Å². The topological polar surface area (TPSA) is 17.1 Å². The van der Waals surface area contributed by atoms with Gasteiger partial charge in [0.1, 0.15) is 0 Å². The second kappa shape index (κ2) is 7.54. The van der Waals surface area contributed by atoms with Gasteiger partial charge < -0.3 is 0 Å². The first kappa shape index (κ1) is 13.2. The second-order valence-corrected chi connectivity index (χ2v) is 4.18. The van der Waals surface area contributed by atoms with Gasteiger partial charge in [-0.25, -0.2) is 0 Å². The molecular weight excluding hydrogens is 172 g/mol. The van der Waals surface area contributed by atoms with Crippen molar-refractivity contribution in [3.8, 4) is 0 Å². The lowest BCUT2D eigenvalue weighted by molar-refractivity contribution is -0.115. The lowest BCUT2D eigenvalue weighted by atomic mass is 10.00. The molecule has 0 rings (SSSR count). The molecule has 1 heteroatoms. The van der Waals surface area contributed by atoms with Crippen molar-refractivity contribution in [3.05, 3.63) is 24.3 Å².